The number of nitrogens with zero attached hydrogens (tertiary/aromatic N) is 2. The third-order valence-corrected chi connectivity index (χ3v) is 3.86. The lowest BCUT2D eigenvalue weighted by Gasteiger charge is -2.29. The van der Waals surface area contributed by atoms with Gasteiger partial charge in [-0.25, -0.2) is 3.11 Å². The van der Waals surface area contributed by atoms with Gasteiger partial charge in [-0.3, -0.25) is 4.90 Å². The van der Waals surface area contributed by atoms with Crippen molar-refractivity contribution in [2.24, 2.45) is 0 Å². The molecule has 0 aliphatic carbocycles. The quantitative estimate of drug-likeness (QED) is 0.568. The van der Waals surface area contributed by atoms with E-state index in [-0.39, 0.29) is 0 Å². The van der Waals surface area contributed by atoms with Crippen molar-refractivity contribution >= 4 is 22.9 Å². The molecule has 0 radical (unpaired) electrons. The van der Waals surface area contributed by atoms with Crippen LogP contribution in [0.5, 0.6) is 0 Å². The number of hydrogen-bond donors (Lipinski definition) is 1. The number of piperazine rings is 1. The SMILES string of the molecule is OCCN1C[C@@H]2C[C@H]1CN2I. The zero-order valence-electron chi connectivity index (χ0n) is 6.41. The molecule has 2 saturated heterocycles. The zero-order chi connectivity index (χ0) is 7.84. The summed E-state index contributed by atoms with van der Waals surface area (Å²) in [4.78, 5) is 2.40. The van der Waals surface area contributed by atoms with Crippen molar-refractivity contribution in [1.82, 2.24) is 8.01 Å². The molecule has 2 bridgehead atoms. The van der Waals surface area contributed by atoms with Crippen LogP contribution >= 0.6 is 22.9 Å². The summed E-state index contributed by atoms with van der Waals surface area (Å²) in [6.07, 6.45) is 1.31. The molecular formula is C7H13IN2O. The Balaban J connectivity index is 1.92. The summed E-state index contributed by atoms with van der Waals surface area (Å²) in [6, 6.07) is 1.48. The van der Waals surface area contributed by atoms with Crippen molar-refractivity contribution in [2.45, 2.75) is 18.5 Å². The molecule has 2 heterocycles. The van der Waals surface area contributed by atoms with Crippen LogP contribution in [0, 0.1) is 0 Å². The van der Waals surface area contributed by atoms with Gasteiger partial charge in [0.1, 0.15) is 0 Å². The van der Waals surface area contributed by atoms with Gasteiger partial charge < -0.3 is 5.11 Å². The second-order valence-electron chi connectivity index (χ2n) is 3.34. The van der Waals surface area contributed by atoms with Gasteiger partial charge in [0, 0.05) is 54.6 Å². The molecule has 2 atom stereocenters. The van der Waals surface area contributed by atoms with Crippen molar-refractivity contribution in [3.05, 3.63) is 0 Å². The molecule has 0 aromatic carbocycles. The maximum atomic E-state index is 8.76. The largest absolute Gasteiger partial charge is 0.395 e. The smallest absolute Gasteiger partial charge is 0.0558 e. The molecule has 0 spiro atoms. The third kappa shape index (κ3) is 1.41. The van der Waals surface area contributed by atoms with E-state index in [2.05, 4.69) is 30.9 Å². The van der Waals surface area contributed by atoms with Crippen LogP contribution in [-0.2, 0) is 0 Å². The van der Waals surface area contributed by atoms with E-state index in [0.717, 1.165) is 25.2 Å². The van der Waals surface area contributed by atoms with Crippen molar-refractivity contribution in [3.8, 4) is 0 Å². The highest BCUT2D eigenvalue weighted by molar-refractivity contribution is 14.1. The number of halogens is 1. The highest BCUT2D eigenvalue weighted by Crippen LogP contribution is 2.32. The molecule has 64 valence electrons. The predicted octanol–water partition coefficient (Wildman–Crippen LogP) is 0.0872. The van der Waals surface area contributed by atoms with E-state index < -0.39 is 0 Å². The Kier molecular flexibility index (Phi) is 2.36. The Morgan fingerprint density at radius 3 is 2.64 bits per heavy atom. The van der Waals surface area contributed by atoms with E-state index in [4.69, 9.17) is 5.11 Å². The van der Waals surface area contributed by atoms with Gasteiger partial charge in [-0.2, -0.15) is 0 Å². The van der Waals surface area contributed by atoms with Crippen molar-refractivity contribution < 1.29 is 5.11 Å². The minimum atomic E-state index is 0.310. The molecule has 0 unspecified atom stereocenters. The van der Waals surface area contributed by atoms with Crippen LogP contribution in [0.25, 0.3) is 0 Å². The minimum Gasteiger partial charge on any atom is -0.395 e. The zero-order valence-corrected chi connectivity index (χ0v) is 8.57. The standard InChI is InChI=1S/C7H13IN2O/c8-10-5-6-3-7(10)4-9(6)1-2-11/h6-7,11H,1-5H2/t6-,7-/m0/s1. The Bertz CT molecular complexity index is 153. The molecule has 3 nitrogen and oxygen atoms in total. The summed E-state index contributed by atoms with van der Waals surface area (Å²) in [6.45, 7) is 3.52. The maximum Gasteiger partial charge on any atom is 0.0558 e. The van der Waals surface area contributed by atoms with Crippen LogP contribution in [0.1, 0.15) is 6.42 Å². The molecule has 1 N–H and O–H groups in total. The highest BCUT2D eigenvalue weighted by Gasteiger charge is 2.41. The lowest BCUT2D eigenvalue weighted by atomic mass is 10.2. The van der Waals surface area contributed by atoms with Gasteiger partial charge >= 0.3 is 0 Å². The molecule has 2 rings (SSSR count). The van der Waals surface area contributed by atoms with Crippen molar-refractivity contribution in [2.75, 3.05) is 26.2 Å². The first-order chi connectivity index (χ1) is 5.31. The first kappa shape index (κ1) is 8.22. The number of aliphatic hydroxyl groups is 1. The van der Waals surface area contributed by atoms with Crippen LogP contribution < -0.4 is 0 Å². The molecule has 11 heavy (non-hydrogen) atoms. The fraction of sp³-hybridized carbons (Fsp3) is 1.00. The van der Waals surface area contributed by atoms with E-state index in [1.54, 1.807) is 0 Å². The third-order valence-electron chi connectivity index (χ3n) is 2.67. The fourth-order valence-corrected chi connectivity index (χ4v) is 2.96. The Morgan fingerprint density at radius 2 is 2.18 bits per heavy atom. The molecule has 2 fully saturated rings. The Morgan fingerprint density at radius 1 is 1.36 bits per heavy atom. The van der Waals surface area contributed by atoms with Gasteiger partial charge in [0.2, 0.25) is 0 Å². The summed E-state index contributed by atoms with van der Waals surface area (Å²) < 4.78 is 2.40. The van der Waals surface area contributed by atoms with Gasteiger partial charge in [-0.1, -0.05) is 0 Å². The van der Waals surface area contributed by atoms with Crippen LogP contribution in [0.2, 0.25) is 0 Å². The number of hydrogen-bond acceptors (Lipinski definition) is 3. The summed E-state index contributed by atoms with van der Waals surface area (Å²) in [7, 11) is 0. The normalized spacial score (nSPS) is 38.7. The van der Waals surface area contributed by atoms with E-state index in [1.807, 2.05) is 0 Å². The molecule has 0 aromatic rings. The second-order valence-corrected chi connectivity index (χ2v) is 4.58. The Labute approximate surface area is 80.8 Å². The maximum absolute atomic E-state index is 8.76. The summed E-state index contributed by atoms with van der Waals surface area (Å²) >= 11 is 2.41. The van der Waals surface area contributed by atoms with Gasteiger partial charge in [-0.05, 0) is 6.42 Å². The number of fused-ring (bicyclic) bond motifs is 2. The highest BCUT2D eigenvalue weighted by atomic mass is 127. The predicted molar refractivity (Wildman–Crippen MR) is 51.6 cm³/mol. The van der Waals surface area contributed by atoms with E-state index in [1.165, 1.54) is 13.0 Å². The van der Waals surface area contributed by atoms with Gasteiger partial charge in [0.15, 0.2) is 0 Å². The lowest BCUT2D eigenvalue weighted by molar-refractivity contribution is 0.154. The second kappa shape index (κ2) is 3.16. The number of likely N-dealkylation sites (tertiary alicyclic amines) is 1. The summed E-state index contributed by atoms with van der Waals surface area (Å²) in [5.41, 5.74) is 0. The Hall–Kier alpha value is 0.610. The first-order valence-electron chi connectivity index (χ1n) is 4.08. The number of β-amino-alcohol motifs (C(OH)–C–C–N with tert-alkyl or cyclic N) is 1. The van der Waals surface area contributed by atoms with Crippen LogP contribution in [0.3, 0.4) is 0 Å². The minimum absolute atomic E-state index is 0.310. The van der Waals surface area contributed by atoms with E-state index in [0.29, 0.717) is 6.61 Å². The van der Waals surface area contributed by atoms with Crippen LogP contribution in [0.4, 0.5) is 0 Å². The molecule has 0 amide bonds. The van der Waals surface area contributed by atoms with E-state index >= 15 is 0 Å². The summed E-state index contributed by atoms with van der Waals surface area (Å²) in [5.74, 6) is 0. The average molecular weight is 268 g/mol. The molecule has 4 heteroatoms. The fourth-order valence-electron chi connectivity index (χ4n) is 2.10. The van der Waals surface area contributed by atoms with E-state index in [9.17, 15) is 0 Å². The van der Waals surface area contributed by atoms with Crippen molar-refractivity contribution in [1.29, 1.82) is 0 Å². The lowest BCUT2D eigenvalue weighted by Crippen LogP contribution is -2.43. The summed E-state index contributed by atoms with van der Waals surface area (Å²) in [5, 5.41) is 8.76. The van der Waals surface area contributed by atoms with Gasteiger partial charge in [0.05, 0.1) is 6.61 Å². The molecule has 2 aliphatic heterocycles. The van der Waals surface area contributed by atoms with Crippen molar-refractivity contribution in [3.63, 3.8) is 0 Å². The van der Waals surface area contributed by atoms with Gasteiger partial charge in [0.25, 0.3) is 0 Å². The van der Waals surface area contributed by atoms with Crippen LogP contribution in [0.15, 0.2) is 0 Å². The molecule has 0 saturated carbocycles. The van der Waals surface area contributed by atoms with Crippen LogP contribution in [-0.4, -0.2) is 51.4 Å². The van der Waals surface area contributed by atoms with Gasteiger partial charge in [-0.15, -0.1) is 0 Å². The monoisotopic (exact) mass is 268 g/mol. The molecule has 2 aliphatic rings. The number of aliphatic hydroxyl groups excluding tert-OH is 1. The molecule has 0 aromatic heterocycles. The topological polar surface area (TPSA) is 26.7 Å². The average Bonchev–Trinajstić information content (AvgIpc) is 2.47. The molecular weight excluding hydrogens is 255 g/mol. The first-order valence-corrected chi connectivity index (χ1v) is 5.05. The number of rotatable bonds is 2.